The molecule has 6 heteroatoms. The van der Waals surface area contributed by atoms with E-state index in [0.717, 1.165) is 21.9 Å². The molecule has 2 heterocycles. The van der Waals surface area contributed by atoms with Gasteiger partial charge in [0.25, 0.3) is 0 Å². The van der Waals surface area contributed by atoms with Crippen molar-refractivity contribution >= 4 is 16.2 Å². The fourth-order valence-corrected chi connectivity index (χ4v) is 2.95. The average Bonchev–Trinajstić information content (AvgIpc) is 2.99. The Morgan fingerprint density at radius 1 is 1.47 bits per heavy atom. The second-order valence-electron chi connectivity index (χ2n) is 4.02. The molecule has 0 unspecified atom stereocenters. The van der Waals surface area contributed by atoms with E-state index >= 15 is 0 Å². The molecule has 4 nitrogen and oxygen atoms in total. The van der Waals surface area contributed by atoms with Crippen LogP contribution >= 0.6 is 11.3 Å². The number of fused-ring (bicyclic) bond motifs is 1. The summed E-state index contributed by atoms with van der Waals surface area (Å²) in [7, 11) is 1.45. The van der Waals surface area contributed by atoms with Gasteiger partial charge in [-0.25, -0.2) is 9.37 Å². The molecule has 19 heavy (non-hydrogen) atoms. The molecule has 0 aliphatic heterocycles. The molecule has 0 saturated carbocycles. The molecule has 0 radical (unpaired) electrons. The van der Waals surface area contributed by atoms with Gasteiger partial charge in [0, 0.05) is 10.9 Å². The topological polar surface area (TPSA) is 52.5 Å². The SMILES string of the molecule is COc1ccc(-c2csc3cnc(CN)n23)cc1F. The van der Waals surface area contributed by atoms with Crippen LogP contribution in [0.2, 0.25) is 0 Å². The molecule has 3 aromatic rings. The van der Waals surface area contributed by atoms with E-state index in [0.29, 0.717) is 6.54 Å². The first-order valence-electron chi connectivity index (χ1n) is 5.72. The third-order valence-corrected chi connectivity index (χ3v) is 3.84. The maximum atomic E-state index is 13.8. The second kappa shape index (κ2) is 4.64. The van der Waals surface area contributed by atoms with E-state index in [-0.39, 0.29) is 11.6 Å². The number of hydrogen-bond donors (Lipinski definition) is 1. The lowest BCUT2D eigenvalue weighted by molar-refractivity contribution is 0.386. The lowest BCUT2D eigenvalue weighted by Crippen LogP contribution is -2.03. The van der Waals surface area contributed by atoms with Crippen molar-refractivity contribution in [2.24, 2.45) is 5.73 Å². The number of nitrogens with two attached hydrogens (primary N) is 1. The van der Waals surface area contributed by atoms with Crippen LogP contribution in [-0.4, -0.2) is 16.5 Å². The van der Waals surface area contributed by atoms with Gasteiger partial charge in [-0.2, -0.15) is 0 Å². The Kier molecular flexibility index (Phi) is 2.96. The van der Waals surface area contributed by atoms with E-state index in [1.807, 2.05) is 15.8 Å². The van der Waals surface area contributed by atoms with Crippen molar-refractivity contribution in [2.45, 2.75) is 6.54 Å². The molecule has 0 atom stereocenters. The Labute approximate surface area is 113 Å². The highest BCUT2D eigenvalue weighted by Gasteiger charge is 2.12. The van der Waals surface area contributed by atoms with Crippen LogP contribution < -0.4 is 10.5 Å². The lowest BCUT2D eigenvalue weighted by Gasteiger charge is -2.05. The zero-order valence-electron chi connectivity index (χ0n) is 10.3. The Bertz CT molecular complexity index is 735. The molecule has 2 N–H and O–H groups in total. The fourth-order valence-electron chi connectivity index (χ4n) is 2.05. The first-order chi connectivity index (χ1) is 9.24. The van der Waals surface area contributed by atoms with Crippen molar-refractivity contribution < 1.29 is 9.13 Å². The molecule has 0 aliphatic rings. The third-order valence-electron chi connectivity index (χ3n) is 2.96. The largest absolute Gasteiger partial charge is 0.494 e. The van der Waals surface area contributed by atoms with Crippen molar-refractivity contribution in [3.05, 3.63) is 41.4 Å². The highest BCUT2D eigenvalue weighted by Crippen LogP contribution is 2.30. The predicted octanol–water partition coefficient (Wildman–Crippen LogP) is 2.67. The van der Waals surface area contributed by atoms with Crippen molar-refractivity contribution in [1.82, 2.24) is 9.38 Å². The standard InChI is InChI=1S/C13H12FN3OS/c1-18-11-3-2-8(4-9(11)14)10-7-19-13-6-16-12(5-15)17(10)13/h2-4,6-7H,5,15H2,1H3. The summed E-state index contributed by atoms with van der Waals surface area (Å²) in [6.07, 6.45) is 1.77. The third kappa shape index (κ3) is 1.89. The maximum Gasteiger partial charge on any atom is 0.165 e. The van der Waals surface area contributed by atoms with Gasteiger partial charge in [0.05, 0.1) is 25.5 Å². The number of benzene rings is 1. The number of hydrogen-bond acceptors (Lipinski definition) is 4. The van der Waals surface area contributed by atoms with Crippen LogP contribution in [0.1, 0.15) is 5.82 Å². The summed E-state index contributed by atoms with van der Waals surface area (Å²) in [6.45, 7) is 0.344. The molecule has 3 rings (SSSR count). The van der Waals surface area contributed by atoms with Crippen LogP contribution in [0.5, 0.6) is 5.75 Å². The van der Waals surface area contributed by atoms with E-state index in [4.69, 9.17) is 10.5 Å². The molecule has 0 fully saturated rings. The number of aromatic nitrogens is 2. The smallest absolute Gasteiger partial charge is 0.165 e. The van der Waals surface area contributed by atoms with Crippen molar-refractivity contribution in [3.8, 4) is 17.0 Å². The maximum absolute atomic E-state index is 13.8. The van der Waals surface area contributed by atoms with Gasteiger partial charge in [0.15, 0.2) is 11.6 Å². The molecule has 1 aromatic carbocycles. The molecular weight excluding hydrogens is 265 g/mol. The summed E-state index contributed by atoms with van der Waals surface area (Å²) >= 11 is 1.55. The van der Waals surface area contributed by atoms with Crippen molar-refractivity contribution in [1.29, 1.82) is 0 Å². The van der Waals surface area contributed by atoms with E-state index < -0.39 is 0 Å². The summed E-state index contributed by atoms with van der Waals surface area (Å²) in [4.78, 5) is 5.24. The lowest BCUT2D eigenvalue weighted by atomic mass is 10.1. The fraction of sp³-hybridized carbons (Fsp3) is 0.154. The van der Waals surface area contributed by atoms with Gasteiger partial charge < -0.3 is 10.5 Å². The van der Waals surface area contributed by atoms with Crippen LogP contribution in [0.25, 0.3) is 16.1 Å². The first-order valence-corrected chi connectivity index (χ1v) is 6.60. The zero-order chi connectivity index (χ0) is 13.4. The van der Waals surface area contributed by atoms with Gasteiger partial charge in [-0.15, -0.1) is 11.3 Å². The second-order valence-corrected chi connectivity index (χ2v) is 4.91. The Morgan fingerprint density at radius 3 is 3.00 bits per heavy atom. The predicted molar refractivity (Wildman–Crippen MR) is 72.9 cm³/mol. The Morgan fingerprint density at radius 2 is 2.32 bits per heavy atom. The summed E-state index contributed by atoms with van der Waals surface area (Å²) < 4.78 is 20.7. The molecule has 2 aromatic heterocycles. The minimum Gasteiger partial charge on any atom is -0.494 e. The Balaban J connectivity index is 2.18. The molecule has 0 aliphatic carbocycles. The molecule has 98 valence electrons. The molecule has 0 saturated heterocycles. The monoisotopic (exact) mass is 277 g/mol. The van der Waals surface area contributed by atoms with Crippen LogP contribution in [-0.2, 0) is 6.54 Å². The summed E-state index contributed by atoms with van der Waals surface area (Å²) in [5.74, 6) is 0.621. The molecule has 0 amide bonds. The first kappa shape index (κ1) is 12.1. The minimum atomic E-state index is -0.381. The number of nitrogens with zero attached hydrogens (tertiary/aromatic N) is 2. The van der Waals surface area contributed by atoms with E-state index in [1.165, 1.54) is 13.2 Å². The van der Waals surface area contributed by atoms with Gasteiger partial charge in [-0.3, -0.25) is 4.40 Å². The molecule has 0 bridgehead atoms. The highest BCUT2D eigenvalue weighted by atomic mass is 32.1. The number of ether oxygens (including phenoxy) is 1. The number of methoxy groups -OCH3 is 1. The van der Waals surface area contributed by atoms with Crippen molar-refractivity contribution in [3.63, 3.8) is 0 Å². The normalized spacial score (nSPS) is 11.1. The highest BCUT2D eigenvalue weighted by molar-refractivity contribution is 7.15. The summed E-state index contributed by atoms with van der Waals surface area (Å²) in [5.41, 5.74) is 7.33. The Hall–Kier alpha value is -1.92. The van der Waals surface area contributed by atoms with Gasteiger partial charge in [-0.1, -0.05) is 0 Å². The van der Waals surface area contributed by atoms with E-state index in [9.17, 15) is 4.39 Å². The van der Waals surface area contributed by atoms with Gasteiger partial charge in [0.1, 0.15) is 10.7 Å². The zero-order valence-corrected chi connectivity index (χ0v) is 11.1. The number of rotatable bonds is 3. The van der Waals surface area contributed by atoms with Crippen molar-refractivity contribution in [2.75, 3.05) is 7.11 Å². The van der Waals surface area contributed by atoms with E-state index in [2.05, 4.69) is 4.98 Å². The number of thiazole rings is 1. The van der Waals surface area contributed by atoms with E-state index in [1.54, 1.807) is 23.6 Å². The quantitative estimate of drug-likeness (QED) is 0.800. The number of halogens is 1. The van der Waals surface area contributed by atoms with Gasteiger partial charge in [0.2, 0.25) is 0 Å². The van der Waals surface area contributed by atoms with Crippen LogP contribution in [0, 0.1) is 5.82 Å². The van der Waals surface area contributed by atoms with Gasteiger partial charge in [-0.05, 0) is 18.2 Å². The molecule has 0 spiro atoms. The minimum absolute atomic E-state index is 0.236. The molecular formula is C13H12FN3OS. The average molecular weight is 277 g/mol. The summed E-state index contributed by atoms with van der Waals surface area (Å²) in [5, 5.41) is 1.97. The van der Waals surface area contributed by atoms with Crippen LogP contribution in [0.3, 0.4) is 0 Å². The number of imidazole rings is 1. The summed E-state index contributed by atoms with van der Waals surface area (Å²) in [6, 6.07) is 4.90. The van der Waals surface area contributed by atoms with Crippen LogP contribution in [0.15, 0.2) is 29.8 Å². The van der Waals surface area contributed by atoms with Crippen LogP contribution in [0.4, 0.5) is 4.39 Å². The van der Waals surface area contributed by atoms with Gasteiger partial charge >= 0.3 is 0 Å².